The predicted molar refractivity (Wildman–Crippen MR) is 109 cm³/mol. The lowest BCUT2D eigenvalue weighted by atomic mass is 10.1. The summed E-state index contributed by atoms with van der Waals surface area (Å²) in [6.45, 7) is 5.93. The van der Waals surface area contributed by atoms with E-state index in [1.165, 1.54) is 6.20 Å². The highest BCUT2D eigenvalue weighted by Crippen LogP contribution is 2.23. The number of aromatic nitrogens is 5. The topological polar surface area (TPSA) is 82.8 Å². The fourth-order valence-corrected chi connectivity index (χ4v) is 3.21. The van der Waals surface area contributed by atoms with Crippen LogP contribution in [0.3, 0.4) is 0 Å². The molecular formula is C22H21N5O2. The van der Waals surface area contributed by atoms with Crippen molar-refractivity contribution in [3.63, 3.8) is 0 Å². The Balaban J connectivity index is 1.59. The van der Waals surface area contributed by atoms with Gasteiger partial charge in [0.1, 0.15) is 12.2 Å². The van der Waals surface area contributed by atoms with Crippen LogP contribution < -0.4 is 0 Å². The third kappa shape index (κ3) is 3.71. The number of esters is 1. The summed E-state index contributed by atoms with van der Waals surface area (Å²) >= 11 is 0. The van der Waals surface area contributed by atoms with Gasteiger partial charge in [0, 0.05) is 6.20 Å². The highest BCUT2D eigenvalue weighted by atomic mass is 16.5. The highest BCUT2D eigenvalue weighted by Gasteiger charge is 2.23. The fraction of sp³-hybridized carbons (Fsp3) is 0.227. The summed E-state index contributed by atoms with van der Waals surface area (Å²) in [7, 11) is 0. The number of hydrogen-bond donors (Lipinski definition) is 0. The number of carbonyl (C=O) groups excluding carboxylic acids is 1. The van der Waals surface area contributed by atoms with E-state index in [0.717, 1.165) is 22.4 Å². The molecule has 0 aliphatic carbocycles. The molecule has 0 saturated carbocycles. The van der Waals surface area contributed by atoms with E-state index in [-0.39, 0.29) is 12.5 Å². The first-order chi connectivity index (χ1) is 14.0. The maximum Gasteiger partial charge on any atom is 0.342 e. The number of carbonyl (C=O) groups is 1. The van der Waals surface area contributed by atoms with Gasteiger partial charge in [0.25, 0.3) is 0 Å². The van der Waals surface area contributed by atoms with Gasteiger partial charge < -0.3 is 4.74 Å². The summed E-state index contributed by atoms with van der Waals surface area (Å²) in [4.78, 5) is 26.3. The normalized spacial score (nSPS) is 11.2. The maximum absolute atomic E-state index is 12.8. The Kier molecular flexibility index (Phi) is 5.03. The quantitative estimate of drug-likeness (QED) is 0.481. The van der Waals surface area contributed by atoms with Crippen LogP contribution in [0.5, 0.6) is 0 Å². The molecule has 146 valence electrons. The Morgan fingerprint density at radius 1 is 1.07 bits per heavy atom. The van der Waals surface area contributed by atoms with Gasteiger partial charge in [-0.25, -0.2) is 24.4 Å². The van der Waals surface area contributed by atoms with E-state index in [0.29, 0.717) is 17.1 Å². The fourth-order valence-electron chi connectivity index (χ4n) is 3.21. The number of para-hydroxylation sites is 2. The molecule has 29 heavy (non-hydrogen) atoms. The zero-order valence-corrected chi connectivity index (χ0v) is 16.5. The zero-order valence-electron chi connectivity index (χ0n) is 16.5. The van der Waals surface area contributed by atoms with E-state index in [9.17, 15) is 4.79 Å². The van der Waals surface area contributed by atoms with Crippen LogP contribution >= 0.6 is 0 Å². The van der Waals surface area contributed by atoms with Crippen LogP contribution in [0, 0.1) is 6.92 Å². The van der Waals surface area contributed by atoms with Crippen molar-refractivity contribution in [3.05, 3.63) is 77.5 Å². The molecule has 0 aliphatic heterocycles. The van der Waals surface area contributed by atoms with Crippen molar-refractivity contribution >= 4 is 17.0 Å². The van der Waals surface area contributed by atoms with Crippen molar-refractivity contribution in [1.29, 1.82) is 0 Å². The van der Waals surface area contributed by atoms with Gasteiger partial charge in [-0.2, -0.15) is 5.10 Å². The Morgan fingerprint density at radius 3 is 2.48 bits per heavy atom. The minimum absolute atomic E-state index is 0.0504. The first-order valence-corrected chi connectivity index (χ1v) is 9.43. The maximum atomic E-state index is 12.8. The van der Waals surface area contributed by atoms with Crippen molar-refractivity contribution in [3.8, 4) is 5.82 Å². The van der Waals surface area contributed by atoms with Crippen molar-refractivity contribution in [2.24, 2.45) is 0 Å². The summed E-state index contributed by atoms with van der Waals surface area (Å²) in [5.41, 5.74) is 4.16. The molecule has 7 nitrogen and oxygen atoms in total. The number of aryl methyl sites for hydroxylation is 1. The minimum Gasteiger partial charge on any atom is -0.455 e. The van der Waals surface area contributed by atoms with Gasteiger partial charge in [-0.1, -0.05) is 32.0 Å². The summed E-state index contributed by atoms with van der Waals surface area (Å²) in [6, 6.07) is 13.2. The zero-order chi connectivity index (χ0) is 20.4. The lowest BCUT2D eigenvalue weighted by Crippen LogP contribution is -2.12. The second-order valence-corrected chi connectivity index (χ2v) is 7.02. The number of benzene rings is 1. The molecule has 3 heterocycles. The number of rotatable bonds is 5. The van der Waals surface area contributed by atoms with Crippen LogP contribution in [-0.4, -0.2) is 30.7 Å². The average Bonchev–Trinajstić information content (AvgIpc) is 3.18. The van der Waals surface area contributed by atoms with Gasteiger partial charge >= 0.3 is 5.97 Å². The first-order valence-electron chi connectivity index (χ1n) is 9.43. The van der Waals surface area contributed by atoms with Crippen molar-refractivity contribution in [1.82, 2.24) is 24.7 Å². The van der Waals surface area contributed by atoms with E-state index < -0.39 is 5.97 Å². The molecule has 0 unspecified atom stereocenters. The third-order valence-electron chi connectivity index (χ3n) is 4.62. The van der Waals surface area contributed by atoms with Crippen molar-refractivity contribution in [2.75, 3.05) is 0 Å². The Hall–Kier alpha value is -3.61. The van der Waals surface area contributed by atoms with Gasteiger partial charge in [0.15, 0.2) is 5.82 Å². The second-order valence-electron chi connectivity index (χ2n) is 7.02. The molecule has 0 N–H and O–H groups in total. The molecule has 3 aromatic heterocycles. The molecule has 0 spiro atoms. The molecule has 0 saturated heterocycles. The molecule has 4 rings (SSSR count). The molecule has 7 heteroatoms. The molecule has 0 radical (unpaired) electrons. The van der Waals surface area contributed by atoms with E-state index in [4.69, 9.17) is 4.74 Å². The molecule has 0 amide bonds. The van der Waals surface area contributed by atoms with Crippen molar-refractivity contribution in [2.45, 2.75) is 33.3 Å². The predicted octanol–water partition coefficient (Wildman–Crippen LogP) is 4.00. The Bertz CT molecular complexity index is 1170. The van der Waals surface area contributed by atoms with Crippen LogP contribution in [-0.2, 0) is 11.3 Å². The van der Waals surface area contributed by atoms with Crippen LogP contribution in [0.1, 0.15) is 47.2 Å². The summed E-state index contributed by atoms with van der Waals surface area (Å²) in [5.74, 6) is 0.279. The van der Waals surface area contributed by atoms with E-state index in [1.807, 2.05) is 63.2 Å². The smallest absolute Gasteiger partial charge is 0.342 e. The molecular weight excluding hydrogens is 366 g/mol. The standard InChI is InChI=1S/C22H21N5O2/c1-14(2)21-16(12-24-27(21)20-10-6-7-11-23-20)22(28)29-13-19-15(3)25-17-8-4-5-9-18(17)26-19/h4-12,14H,13H2,1-3H3. The number of pyridine rings is 1. The Labute approximate surface area is 168 Å². The first kappa shape index (κ1) is 18.7. The van der Waals surface area contributed by atoms with Crippen LogP contribution in [0.25, 0.3) is 16.9 Å². The average molecular weight is 387 g/mol. The van der Waals surface area contributed by atoms with Gasteiger partial charge in [0.2, 0.25) is 0 Å². The van der Waals surface area contributed by atoms with Crippen LogP contribution in [0.2, 0.25) is 0 Å². The number of ether oxygens (including phenoxy) is 1. The summed E-state index contributed by atoms with van der Waals surface area (Å²) in [5, 5.41) is 4.37. The third-order valence-corrected chi connectivity index (χ3v) is 4.62. The molecule has 0 aliphatic rings. The van der Waals surface area contributed by atoms with Crippen molar-refractivity contribution < 1.29 is 9.53 Å². The van der Waals surface area contributed by atoms with Crippen LogP contribution in [0.15, 0.2) is 54.9 Å². The molecule has 0 atom stereocenters. The molecule has 0 fully saturated rings. The van der Waals surface area contributed by atoms with Gasteiger partial charge in [0.05, 0.1) is 34.3 Å². The van der Waals surface area contributed by atoms with E-state index in [1.54, 1.807) is 10.9 Å². The minimum atomic E-state index is -0.440. The van der Waals surface area contributed by atoms with Gasteiger partial charge in [-0.3, -0.25) is 0 Å². The Morgan fingerprint density at radius 2 is 1.79 bits per heavy atom. The SMILES string of the molecule is Cc1nc2ccccc2nc1COC(=O)c1cnn(-c2ccccn2)c1C(C)C. The van der Waals surface area contributed by atoms with Crippen LogP contribution in [0.4, 0.5) is 0 Å². The lowest BCUT2D eigenvalue weighted by Gasteiger charge is -2.12. The second kappa shape index (κ2) is 7.79. The largest absolute Gasteiger partial charge is 0.455 e. The lowest BCUT2D eigenvalue weighted by molar-refractivity contribution is 0.0465. The number of nitrogens with zero attached hydrogens (tertiary/aromatic N) is 5. The van der Waals surface area contributed by atoms with E-state index in [2.05, 4.69) is 20.1 Å². The summed E-state index contributed by atoms with van der Waals surface area (Å²) in [6.07, 6.45) is 3.23. The van der Waals surface area contributed by atoms with Gasteiger partial charge in [-0.15, -0.1) is 0 Å². The number of fused-ring (bicyclic) bond motifs is 1. The van der Waals surface area contributed by atoms with Gasteiger partial charge in [-0.05, 0) is 37.1 Å². The number of hydrogen-bond acceptors (Lipinski definition) is 6. The molecule has 1 aromatic carbocycles. The summed E-state index contributed by atoms with van der Waals surface area (Å²) < 4.78 is 7.25. The molecule has 4 aromatic rings. The highest BCUT2D eigenvalue weighted by molar-refractivity contribution is 5.90. The van der Waals surface area contributed by atoms with E-state index >= 15 is 0 Å². The molecule has 0 bridgehead atoms. The monoisotopic (exact) mass is 387 g/mol.